The number of ether oxygens (including phenoxy) is 1. The number of halogens is 1. The first-order valence-corrected chi connectivity index (χ1v) is 26.1. The van der Waals surface area contributed by atoms with Crippen LogP contribution in [0.15, 0.2) is 65.8 Å². The van der Waals surface area contributed by atoms with E-state index in [9.17, 15) is 22.7 Å². The summed E-state index contributed by atoms with van der Waals surface area (Å²) in [4.78, 5) is 13.5. The number of allylic oxidation sites excluding steroid dienone is 5. The SMILES string of the molecule is C=C(C)[C@@H]1CC[C@]2(NCC[C@]3(O)CC[C@@H](S(C)(=O)=O)CC3)CC[C@]3(C)[C@H](CC[C@@H]4[C@@]5(C)CC=C(C6=CC[C@@](CF)(C(=O)COc7ccccc7)CC6)C(C)(C)[C@@H]5CC[C@]43C)[C@@H]12. The van der Waals surface area contributed by atoms with E-state index in [4.69, 9.17) is 4.74 Å². The van der Waals surface area contributed by atoms with Gasteiger partial charge in [-0.15, -0.1) is 0 Å². The van der Waals surface area contributed by atoms with Gasteiger partial charge in [0.1, 0.15) is 28.9 Å². The highest BCUT2D eigenvalue weighted by Gasteiger charge is 2.70. The molecular formula is C53H78FNO5S. The summed E-state index contributed by atoms with van der Waals surface area (Å²) in [5.41, 5.74) is 2.94. The fraction of sp³-hybridized carbons (Fsp3) is 0.755. The minimum atomic E-state index is -3.07. The number of alkyl halides is 1. The second-order valence-electron chi connectivity index (χ2n) is 23.2. The Morgan fingerprint density at radius 1 is 0.869 bits per heavy atom. The average Bonchev–Trinajstić information content (AvgIpc) is 3.60. The molecule has 5 saturated carbocycles. The Bertz CT molecular complexity index is 2020. The lowest BCUT2D eigenvalue weighted by Gasteiger charge is -2.72. The number of carbonyl (C=O) groups is 1. The fourth-order valence-corrected chi connectivity index (χ4v) is 17.5. The summed E-state index contributed by atoms with van der Waals surface area (Å²) >= 11 is 0. The Balaban J connectivity index is 0.987. The molecule has 2 N–H and O–H groups in total. The lowest BCUT2D eigenvalue weighted by atomic mass is 9.33. The van der Waals surface area contributed by atoms with Crippen molar-refractivity contribution in [3.63, 3.8) is 0 Å². The third kappa shape index (κ3) is 7.48. The normalized spacial score (nSPS) is 43.1. The van der Waals surface area contributed by atoms with E-state index in [0.717, 1.165) is 32.2 Å². The zero-order valence-corrected chi connectivity index (χ0v) is 39.5. The molecule has 0 unspecified atom stereocenters. The van der Waals surface area contributed by atoms with Crippen molar-refractivity contribution in [2.75, 3.05) is 26.1 Å². The number of hydrogen-bond donors (Lipinski definition) is 2. The molecule has 1 aromatic carbocycles. The number of carbonyl (C=O) groups excluding carboxylic acids is 1. The van der Waals surface area contributed by atoms with E-state index in [1.807, 2.05) is 30.3 Å². The number of benzene rings is 1. The van der Waals surface area contributed by atoms with Crippen molar-refractivity contribution in [3.05, 3.63) is 65.8 Å². The van der Waals surface area contributed by atoms with Crippen molar-refractivity contribution >= 4 is 15.6 Å². The zero-order chi connectivity index (χ0) is 43.9. The van der Waals surface area contributed by atoms with Gasteiger partial charge in [0.2, 0.25) is 0 Å². The molecule has 0 radical (unpaired) electrons. The predicted molar refractivity (Wildman–Crippen MR) is 245 cm³/mol. The van der Waals surface area contributed by atoms with Crippen LogP contribution in [0.1, 0.15) is 151 Å². The predicted octanol–water partition coefficient (Wildman–Crippen LogP) is 11.3. The molecule has 7 aliphatic carbocycles. The smallest absolute Gasteiger partial charge is 0.179 e. The number of ketones is 1. The first kappa shape index (κ1) is 45.3. The second-order valence-corrected chi connectivity index (χ2v) is 25.5. The number of rotatable bonds is 12. The third-order valence-corrected chi connectivity index (χ3v) is 21.8. The zero-order valence-electron chi connectivity index (χ0n) is 38.7. The third-order valence-electron chi connectivity index (χ3n) is 20.1. The van der Waals surface area contributed by atoms with Crippen LogP contribution in [0.3, 0.4) is 0 Å². The van der Waals surface area contributed by atoms with Gasteiger partial charge < -0.3 is 15.2 Å². The summed E-state index contributed by atoms with van der Waals surface area (Å²) in [5, 5.41) is 15.5. The van der Waals surface area contributed by atoms with Gasteiger partial charge in [0, 0.05) is 11.8 Å². The van der Waals surface area contributed by atoms with Gasteiger partial charge in [-0.25, -0.2) is 12.8 Å². The first-order chi connectivity index (χ1) is 28.7. The standard InChI is InChI=1S/C53H78FNO5S/c1-36(2)40-20-29-53(55-33-32-52(57)27-18-39(19-28-52)61(8,58)59)31-30-49(6)42(46(40)53)14-15-44-48(5)23-21-41(47(3,4)43(48)22-24-50(44,49)7)37-16-25-51(35-54,26-17-37)45(56)34-60-38-12-10-9-11-13-38/h9-13,16,21,39-40,42-44,46,55,57H,1,14-15,17-20,22-35H2,2-8H3/t39-,40-,42+,43-,44+,46+,48-,49+,50+,51+,52+,53-/m0/s1. The molecule has 61 heavy (non-hydrogen) atoms. The van der Waals surface area contributed by atoms with Gasteiger partial charge in [0.05, 0.1) is 16.3 Å². The fourth-order valence-electron chi connectivity index (χ4n) is 16.4. The van der Waals surface area contributed by atoms with E-state index in [0.29, 0.717) is 80.3 Å². The highest BCUT2D eigenvalue weighted by molar-refractivity contribution is 7.91. The molecule has 5 fully saturated rings. The van der Waals surface area contributed by atoms with Crippen LogP contribution >= 0.6 is 0 Å². The highest BCUT2D eigenvalue weighted by atomic mass is 32.2. The molecule has 0 aliphatic heterocycles. The van der Waals surface area contributed by atoms with Crippen LogP contribution in [0.4, 0.5) is 4.39 Å². The highest BCUT2D eigenvalue weighted by Crippen LogP contribution is 2.76. The van der Waals surface area contributed by atoms with Crippen molar-refractivity contribution in [2.45, 2.75) is 167 Å². The first-order valence-electron chi connectivity index (χ1n) is 24.2. The Kier molecular flexibility index (Phi) is 11.9. The Morgan fingerprint density at radius 3 is 2.23 bits per heavy atom. The molecule has 0 aromatic heterocycles. The Labute approximate surface area is 368 Å². The van der Waals surface area contributed by atoms with Gasteiger partial charge in [-0.2, -0.15) is 0 Å². The number of fused-ring (bicyclic) bond motifs is 7. The van der Waals surface area contributed by atoms with Crippen LogP contribution < -0.4 is 10.1 Å². The molecule has 6 nitrogen and oxygen atoms in total. The van der Waals surface area contributed by atoms with E-state index in [-0.39, 0.29) is 44.8 Å². The number of para-hydroxylation sites is 1. The number of aliphatic hydroxyl groups is 1. The van der Waals surface area contributed by atoms with Gasteiger partial charge >= 0.3 is 0 Å². The lowest BCUT2D eigenvalue weighted by Crippen LogP contribution is -2.68. The van der Waals surface area contributed by atoms with Crippen LogP contribution in [0.2, 0.25) is 0 Å². The molecule has 0 bridgehead atoms. The van der Waals surface area contributed by atoms with Gasteiger partial charge in [-0.1, -0.05) is 77.1 Å². The van der Waals surface area contributed by atoms with Crippen LogP contribution in [-0.4, -0.2) is 61.8 Å². The average molecular weight is 860 g/mol. The number of nitrogens with one attached hydrogen (secondary N) is 1. The molecule has 0 amide bonds. The van der Waals surface area contributed by atoms with Crippen LogP contribution in [0.25, 0.3) is 0 Å². The number of Topliss-reactive ketones (excluding diaryl/α,β-unsaturated/α-hetero) is 1. The van der Waals surface area contributed by atoms with Crippen molar-refractivity contribution < 1.29 is 27.4 Å². The van der Waals surface area contributed by atoms with Crippen LogP contribution in [0, 0.1) is 56.7 Å². The molecule has 0 spiro atoms. The number of sulfone groups is 1. The maximum absolute atomic E-state index is 14.8. The summed E-state index contributed by atoms with van der Waals surface area (Å²) in [7, 11) is -3.07. The summed E-state index contributed by atoms with van der Waals surface area (Å²) < 4.78 is 45.1. The summed E-state index contributed by atoms with van der Waals surface area (Å²) in [6.07, 6.45) is 21.5. The van der Waals surface area contributed by atoms with E-state index >= 15 is 0 Å². The van der Waals surface area contributed by atoms with Crippen molar-refractivity contribution in [3.8, 4) is 5.75 Å². The van der Waals surface area contributed by atoms with Gasteiger partial charge in [-0.05, 0) is 197 Å². The van der Waals surface area contributed by atoms with E-state index in [1.54, 1.807) is 0 Å². The van der Waals surface area contributed by atoms with Gasteiger partial charge in [-0.3, -0.25) is 4.79 Å². The Hall–Kier alpha value is -2.29. The summed E-state index contributed by atoms with van der Waals surface area (Å²) in [6.45, 7) is 19.9. The molecule has 0 heterocycles. The maximum atomic E-state index is 14.8. The van der Waals surface area contributed by atoms with E-state index < -0.39 is 27.5 Å². The van der Waals surface area contributed by atoms with Gasteiger partial charge in [0.25, 0.3) is 0 Å². The molecule has 10 atom stereocenters. The summed E-state index contributed by atoms with van der Waals surface area (Å²) in [5.74, 6) is 3.32. The molecule has 8 heteroatoms. The monoisotopic (exact) mass is 860 g/mol. The summed E-state index contributed by atoms with van der Waals surface area (Å²) in [6, 6.07) is 9.34. The van der Waals surface area contributed by atoms with Crippen molar-refractivity contribution in [1.82, 2.24) is 5.32 Å². The maximum Gasteiger partial charge on any atom is 0.179 e. The minimum absolute atomic E-state index is 0.0235. The molecule has 0 saturated heterocycles. The molecular weight excluding hydrogens is 782 g/mol. The van der Waals surface area contributed by atoms with E-state index in [1.165, 1.54) is 61.5 Å². The second kappa shape index (κ2) is 16.0. The van der Waals surface area contributed by atoms with Crippen molar-refractivity contribution in [1.29, 1.82) is 0 Å². The quantitative estimate of drug-likeness (QED) is 0.203. The minimum Gasteiger partial charge on any atom is -0.486 e. The van der Waals surface area contributed by atoms with Crippen LogP contribution in [-0.2, 0) is 14.6 Å². The van der Waals surface area contributed by atoms with Crippen LogP contribution in [0.5, 0.6) is 5.75 Å². The topological polar surface area (TPSA) is 92.7 Å². The Morgan fingerprint density at radius 2 is 1.59 bits per heavy atom. The molecule has 338 valence electrons. The van der Waals surface area contributed by atoms with Crippen molar-refractivity contribution in [2.24, 2.45) is 56.7 Å². The largest absolute Gasteiger partial charge is 0.486 e. The molecule has 8 rings (SSSR count). The number of hydrogen-bond acceptors (Lipinski definition) is 6. The lowest BCUT2D eigenvalue weighted by molar-refractivity contribution is -0.221. The van der Waals surface area contributed by atoms with E-state index in [2.05, 4.69) is 65.6 Å². The molecule has 7 aliphatic rings. The molecule has 1 aromatic rings. The van der Waals surface area contributed by atoms with Gasteiger partial charge in [0.15, 0.2) is 5.78 Å².